The van der Waals surface area contributed by atoms with Gasteiger partial charge in [0.05, 0.1) is 17.4 Å². The van der Waals surface area contributed by atoms with E-state index in [1.54, 1.807) is 0 Å². The molecule has 5 heteroatoms. The highest BCUT2D eigenvalue weighted by Crippen LogP contribution is 2.11. The van der Waals surface area contributed by atoms with Gasteiger partial charge in [-0.1, -0.05) is 18.1 Å². The van der Waals surface area contributed by atoms with Crippen molar-refractivity contribution < 1.29 is 0 Å². The Bertz CT molecular complexity index is 385. The minimum absolute atomic E-state index is 0.0112. The molecule has 1 fully saturated rings. The first kappa shape index (κ1) is 15.4. The van der Waals surface area contributed by atoms with Gasteiger partial charge in [0.2, 0.25) is 0 Å². The molecule has 1 aliphatic heterocycles. The van der Waals surface area contributed by atoms with E-state index >= 15 is 0 Å². The van der Waals surface area contributed by atoms with Crippen LogP contribution in [0.2, 0.25) is 0 Å². The molecule has 0 unspecified atom stereocenters. The van der Waals surface area contributed by atoms with Crippen LogP contribution in [0.3, 0.4) is 0 Å². The van der Waals surface area contributed by atoms with Crippen molar-refractivity contribution in [1.29, 1.82) is 0 Å². The second-order valence-electron chi connectivity index (χ2n) is 6.76. The van der Waals surface area contributed by atoms with Gasteiger partial charge in [-0.15, -0.1) is 5.10 Å². The molecule has 0 bridgehead atoms. The fraction of sp³-hybridized carbons (Fsp3) is 0.867. The molecule has 1 N–H and O–H groups in total. The fourth-order valence-electron chi connectivity index (χ4n) is 2.52. The molecule has 0 aromatic carbocycles. The maximum absolute atomic E-state index is 4.22. The van der Waals surface area contributed by atoms with Gasteiger partial charge in [0.15, 0.2) is 0 Å². The van der Waals surface area contributed by atoms with Crippen LogP contribution in [0.25, 0.3) is 0 Å². The molecule has 114 valence electrons. The highest BCUT2D eigenvalue weighted by Gasteiger charge is 2.14. The maximum atomic E-state index is 4.22. The van der Waals surface area contributed by atoms with Crippen molar-refractivity contribution in [3.8, 4) is 0 Å². The van der Waals surface area contributed by atoms with E-state index in [9.17, 15) is 0 Å². The van der Waals surface area contributed by atoms with Crippen molar-refractivity contribution in [3.05, 3.63) is 11.9 Å². The SMILES string of the molecule is CC(C)(C)n1cc(CNCCN2CCCCCC2)nn1. The standard InChI is InChI=1S/C15H29N5/c1-15(2,3)20-13-14(17-18-20)12-16-8-11-19-9-6-4-5-7-10-19/h13,16H,4-12H2,1-3H3. The summed E-state index contributed by atoms with van der Waals surface area (Å²) in [4.78, 5) is 2.58. The van der Waals surface area contributed by atoms with Gasteiger partial charge in [-0.25, -0.2) is 4.68 Å². The molecule has 0 atom stereocenters. The van der Waals surface area contributed by atoms with Crippen LogP contribution in [0.4, 0.5) is 0 Å². The molecule has 20 heavy (non-hydrogen) atoms. The van der Waals surface area contributed by atoms with Gasteiger partial charge in [-0.2, -0.15) is 0 Å². The van der Waals surface area contributed by atoms with Gasteiger partial charge in [0.25, 0.3) is 0 Å². The summed E-state index contributed by atoms with van der Waals surface area (Å²) in [6, 6.07) is 0. The minimum Gasteiger partial charge on any atom is -0.310 e. The van der Waals surface area contributed by atoms with Gasteiger partial charge in [-0.05, 0) is 46.7 Å². The molecule has 0 amide bonds. The molecule has 0 radical (unpaired) electrons. The molecule has 0 spiro atoms. The van der Waals surface area contributed by atoms with Crippen LogP contribution < -0.4 is 5.32 Å². The Kier molecular flexibility index (Phi) is 5.54. The molecule has 1 aromatic heterocycles. The van der Waals surface area contributed by atoms with Crippen molar-refractivity contribution in [2.45, 2.75) is 58.5 Å². The van der Waals surface area contributed by atoms with Crippen LogP contribution in [-0.4, -0.2) is 46.1 Å². The summed E-state index contributed by atoms with van der Waals surface area (Å²) < 4.78 is 1.93. The number of hydrogen-bond acceptors (Lipinski definition) is 4. The lowest BCUT2D eigenvalue weighted by atomic mass is 10.1. The van der Waals surface area contributed by atoms with Crippen LogP contribution in [0.5, 0.6) is 0 Å². The van der Waals surface area contributed by atoms with Crippen molar-refractivity contribution in [2.24, 2.45) is 0 Å². The molecule has 1 saturated heterocycles. The number of hydrogen-bond donors (Lipinski definition) is 1. The zero-order chi connectivity index (χ0) is 14.4. The van der Waals surface area contributed by atoms with Crippen LogP contribution in [-0.2, 0) is 12.1 Å². The summed E-state index contributed by atoms with van der Waals surface area (Å²) in [6.45, 7) is 11.9. The first-order valence-corrected chi connectivity index (χ1v) is 7.90. The average Bonchev–Trinajstić information content (AvgIpc) is 2.72. The zero-order valence-electron chi connectivity index (χ0n) is 13.2. The third-order valence-corrected chi connectivity index (χ3v) is 3.84. The van der Waals surface area contributed by atoms with Crippen LogP contribution in [0.15, 0.2) is 6.20 Å². The first-order chi connectivity index (χ1) is 9.55. The summed E-state index contributed by atoms with van der Waals surface area (Å²) >= 11 is 0. The Labute approximate surface area is 122 Å². The van der Waals surface area contributed by atoms with E-state index in [1.165, 1.54) is 38.8 Å². The van der Waals surface area contributed by atoms with Crippen LogP contribution in [0.1, 0.15) is 52.1 Å². The van der Waals surface area contributed by atoms with Gasteiger partial charge in [0, 0.05) is 19.6 Å². The van der Waals surface area contributed by atoms with E-state index in [1.807, 2.05) is 10.9 Å². The van der Waals surface area contributed by atoms with E-state index in [4.69, 9.17) is 0 Å². The molecule has 5 nitrogen and oxygen atoms in total. The minimum atomic E-state index is 0.0112. The third-order valence-electron chi connectivity index (χ3n) is 3.84. The second kappa shape index (κ2) is 7.18. The molecule has 0 saturated carbocycles. The summed E-state index contributed by atoms with van der Waals surface area (Å²) in [7, 11) is 0. The molecule has 2 rings (SSSR count). The summed E-state index contributed by atoms with van der Waals surface area (Å²) in [5.74, 6) is 0. The molecule has 0 aliphatic carbocycles. The lowest BCUT2D eigenvalue weighted by Gasteiger charge is -2.19. The predicted octanol–water partition coefficient (Wildman–Crippen LogP) is 2.00. The average molecular weight is 279 g/mol. The first-order valence-electron chi connectivity index (χ1n) is 7.90. The lowest BCUT2D eigenvalue weighted by molar-refractivity contribution is 0.284. The molecular formula is C15H29N5. The van der Waals surface area contributed by atoms with Gasteiger partial charge >= 0.3 is 0 Å². The molecular weight excluding hydrogens is 250 g/mol. The Morgan fingerprint density at radius 3 is 2.45 bits per heavy atom. The van der Waals surface area contributed by atoms with Crippen molar-refractivity contribution in [3.63, 3.8) is 0 Å². The van der Waals surface area contributed by atoms with E-state index < -0.39 is 0 Å². The number of nitrogens with zero attached hydrogens (tertiary/aromatic N) is 4. The van der Waals surface area contributed by atoms with E-state index in [0.29, 0.717) is 0 Å². The van der Waals surface area contributed by atoms with E-state index in [-0.39, 0.29) is 5.54 Å². The summed E-state index contributed by atoms with van der Waals surface area (Å²) in [6.07, 6.45) is 7.57. The second-order valence-corrected chi connectivity index (χ2v) is 6.76. The smallest absolute Gasteiger partial charge is 0.0965 e. The number of aromatic nitrogens is 3. The number of likely N-dealkylation sites (tertiary alicyclic amines) is 1. The maximum Gasteiger partial charge on any atom is 0.0965 e. The topological polar surface area (TPSA) is 46.0 Å². The predicted molar refractivity (Wildman–Crippen MR) is 81.6 cm³/mol. The lowest BCUT2D eigenvalue weighted by Crippen LogP contribution is -2.32. The molecule has 1 aromatic rings. The van der Waals surface area contributed by atoms with Crippen LogP contribution >= 0.6 is 0 Å². The normalized spacial score (nSPS) is 18.1. The molecule has 2 heterocycles. The third kappa shape index (κ3) is 4.87. The fourth-order valence-corrected chi connectivity index (χ4v) is 2.52. The highest BCUT2D eigenvalue weighted by atomic mass is 15.4. The van der Waals surface area contributed by atoms with Crippen molar-refractivity contribution >= 4 is 0 Å². The van der Waals surface area contributed by atoms with Crippen molar-refractivity contribution in [2.75, 3.05) is 26.2 Å². The van der Waals surface area contributed by atoms with Gasteiger partial charge in [0.1, 0.15) is 0 Å². The van der Waals surface area contributed by atoms with Gasteiger partial charge < -0.3 is 10.2 Å². The highest BCUT2D eigenvalue weighted by molar-refractivity contribution is 4.94. The summed E-state index contributed by atoms with van der Waals surface area (Å²) in [5, 5.41) is 11.9. The Morgan fingerprint density at radius 2 is 1.85 bits per heavy atom. The van der Waals surface area contributed by atoms with E-state index in [2.05, 4.69) is 41.3 Å². The van der Waals surface area contributed by atoms with E-state index in [0.717, 1.165) is 25.3 Å². The van der Waals surface area contributed by atoms with Gasteiger partial charge in [-0.3, -0.25) is 0 Å². The largest absolute Gasteiger partial charge is 0.310 e. The quantitative estimate of drug-likeness (QED) is 0.837. The Hall–Kier alpha value is -0.940. The summed E-state index contributed by atoms with van der Waals surface area (Å²) in [5.41, 5.74) is 1.04. The zero-order valence-corrected chi connectivity index (χ0v) is 13.2. The van der Waals surface area contributed by atoms with Crippen LogP contribution in [0, 0.1) is 0 Å². The number of nitrogens with one attached hydrogen (secondary N) is 1. The van der Waals surface area contributed by atoms with Crippen molar-refractivity contribution in [1.82, 2.24) is 25.2 Å². The number of rotatable bonds is 5. The Morgan fingerprint density at radius 1 is 1.15 bits per heavy atom. The molecule has 1 aliphatic rings. The monoisotopic (exact) mass is 279 g/mol. The Balaban J connectivity index is 1.66.